The van der Waals surface area contributed by atoms with Crippen molar-refractivity contribution in [2.24, 2.45) is 0 Å². The van der Waals surface area contributed by atoms with Crippen LogP contribution in [0.2, 0.25) is 0 Å². The zero-order chi connectivity index (χ0) is 16.0. The first-order chi connectivity index (χ1) is 9.92. The lowest BCUT2D eigenvalue weighted by Gasteiger charge is -2.12. The smallest absolute Gasteiger partial charge is 0.262 e. The molecule has 0 aliphatic rings. The SMILES string of the molecule is COc1cc(I)cc(/C=C(/C#N)C(=O)NC(C)C)c1OC. The summed E-state index contributed by atoms with van der Waals surface area (Å²) in [4.78, 5) is 12.0. The average molecular weight is 400 g/mol. The highest BCUT2D eigenvalue weighted by Crippen LogP contribution is 2.34. The van der Waals surface area contributed by atoms with Gasteiger partial charge in [-0.2, -0.15) is 5.26 Å². The van der Waals surface area contributed by atoms with Gasteiger partial charge in [0.1, 0.15) is 11.6 Å². The lowest BCUT2D eigenvalue weighted by molar-refractivity contribution is -0.117. The van der Waals surface area contributed by atoms with Crippen LogP contribution < -0.4 is 14.8 Å². The van der Waals surface area contributed by atoms with Gasteiger partial charge in [-0.05, 0) is 54.6 Å². The molecule has 1 aromatic carbocycles. The maximum Gasteiger partial charge on any atom is 0.262 e. The zero-order valence-electron chi connectivity index (χ0n) is 12.4. The summed E-state index contributed by atoms with van der Waals surface area (Å²) in [6.45, 7) is 3.67. The first-order valence-electron chi connectivity index (χ1n) is 6.27. The molecule has 112 valence electrons. The molecule has 0 aliphatic heterocycles. The second-order valence-electron chi connectivity index (χ2n) is 4.53. The molecule has 0 saturated carbocycles. The van der Waals surface area contributed by atoms with Crippen molar-refractivity contribution in [2.45, 2.75) is 19.9 Å². The highest BCUT2D eigenvalue weighted by Gasteiger charge is 2.14. The van der Waals surface area contributed by atoms with Gasteiger partial charge >= 0.3 is 0 Å². The van der Waals surface area contributed by atoms with E-state index in [1.165, 1.54) is 20.3 Å². The molecule has 0 unspecified atom stereocenters. The quantitative estimate of drug-likeness (QED) is 0.469. The number of halogens is 1. The molecule has 21 heavy (non-hydrogen) atoms. The fourth-order valence-electron chi connectivity index (χ4n) is 1.71. The monoisotopic (exact) mass is 400 g/mol. The molecule has 0 aromatic heterocycles. The van der Waals surface area contributed by atoms with Gasteiger partial charge in [-0.25, -0.2) is 0 Å². The molecular weight excluding hydrogens is 383 g/mol. The molecule has 6 heteroatoms. The van der Waals surface area contributed by atoms with Gasteiger partial charge in [-0.15, -0.1) is 0 Å². The third kappa shape index (κ3) is 4.63. The first kappa shape index (κ1) is 17.3. The van der Waals surface area contributed by atoms with Gasteiger partial charge in [0.25, 0.3) is 5.91 Å². The summed E-state index contributed by atoms with van der Waals surface area (Å²) < 4.78 is 11.5. The van der Waals surface area contributed by atoms with Crippen molar-refractivity contribution in [3.05, 3.63) is 26.8 Å². The molecule has 5 nitrogen and oxygen atoms in total. The molecule has 0 atom stereocenters. The van der Waals surface area contributed by atoms with E-state index in [4.69, 9.17) is 9.47 Å². The number of hydrogen-bond donors (Lipinski definition) is 1. The van der Waals surface area contributed by atoms with Crippen molar-refractivity contribution in [3.63, 3.8) is 0 Å². The van der Waals surface area contributed by atoms with E-state index >= 15 is 0 Å². The standard InChI is InChI=1S/C15H17IN2O3/c1-9(2)18-15(19)11(8-17)5-10-6-12(16)7-13(20-3)14(10)21-4/h5-7,9H,1-4H3,(H,18,19)/b11-5-. The number of rotatable bonds is 5. The lowest BCUT2D eigenvalue weighted by Crippen LogP contribution is -2.30. The molecule has 1 aromatic rings. The summed E-state index contributed by atoms with van der Waals surface area (Å²) in [5.41, 5.74) is 0.641. The number of nitriles is 1. The van der Waals surface area contributed by atoms with Crippen LogP contribution in [0.5, 0.6) is 11.5 Å². The van der Waals surface area contributed by atoms with E-state index < -0.39 is 5.91 Å². The van der Waals surface area contributed by atoms with Crippen molar-refractivity contribution in [3.8, 4) is 17.6 Å². The molecule has 0 saturated heterocycles. The van der Waals surface area contributed by atoms with E-state index in [2.05, 4.69) is 27.9 Å². The Hall–Kier alpha value is -1.75. The highest BCUT2D eigenvalue weighted by atomic mass is 127. The van der Waals surface area contributed by atoms with Crippen LogP contribution in [0.25, 0.3) is 6.08 Å². The second kappa shape index (κ2) is 7.88. The minimum absolute atomic E-state index is 0.0195. The van der Waals surface area contributed by atoms with Gasteiger partial charge < -0.3 is 14.8 Å². The van der Waals surface area contributed by atoms with Crippen LogP contribution in [0.15, 0.2) is 17.7 Å². The molecule has 0 heterocycles. The number of nitrogens with zero attached hydrogens (tertiary/aromatic N) is 1. The maximum absolute atomic E-state index is 12.0. The number of hydrogen-bond acceptors (Lipinski definition) is 4. The third-order valence-electron chi connectivity index (χ3n) is 2.56. The van der Waals surface area contributed by atoms with Crippen molar-refractivity contribution >= 4 is 34.6 Å². The molecule has 0 radical (unpaired) electrons. The van der Waals surface area contributed by atoms with E-state index in [1.807, 2.05) is 32.0 Å². The molecule has 1 rings (SSSR count). The Morgan fingerprint density at radius 1 is 1.38 bits per heavy atom. The summed E-state index contributed by atoms with van der Waals surface area (Å²) in [5.74, 6) is 0.632. The summed E-state index contributed by atoms with van der Waals surface area (Å²) in [7, 11) is 3.06. The van der Waals surface area contributed by atoms with E-state index in [0.29, 0.717) is 17.1 Å². The second-order valence-corrected chi connectivity index (χ2v) is 5.77. The van der Waals surface area contributed by atoms with Gasteiger partial charge in [0.2, 0.25) is 0 Å². The van der Waals surface area contributed by atoms with Gasteiger partial charge in [0.05, 0.1) is 14.2 Å². The number of nitrogens with one attached hydrogen (secondary N) is 1. The normalized spacial score (nSPS) is 11.0. The van der Waals surface area contributed by atoms with Crippen LogP contribution >= 0.6 is 22.6 Å². The van der Waals surface area contributed by atoms with E-state index in [-0.39, 0.29) is 11.6 Å². The fourth-order valence-corrected chi connectivity index (χ4v) is 2.33. The first-order valence-corrected chi connectivity index (χ1v) is 7.35. The van der Waals surface area contributed by atoms with Crippen molar-refractivity contribution in [1.82, 2.24) is 5.32 Å². The van der Waals surface area contributed by atoms with Crippen LogP contribution in [-0.2, 0) is 4.79 Å². The predicted molar refractivity (Wildman–Crippen MR) is 89.1 cm³/mol. The molecule has 0 spiro atoms. The van der Waals surface area contributed by atoms with Crippen LogP contribution in [0.1, 0.15) is 19.4 Å². The minimum Gasteiger partial charge on any atom is -0.493 e. The Balaban J connectivity index is 3.32. The van der Waals surface area contributed by atoms with Gasteiger partial charge in [-0.1, -0.05) is 0 Å². The minimum atomic E-state index is -0.410. The molecular formula is C15H17IN2O3. The van der Waals surface area contributed by atoms with Crippen molar-refractivity contribution in [1.29, 1.82) is 5.26 Å². The van der Waals surface area contributed by atoms with E-state index in [1.54, 1.807) is 0 Å². The topological polar surface area (TPSA) is 71.3 Å². The fraction of sp³-hybridized carbons (Fsp3) is 0.333. The largest absolute Gasteiger partial charge is 0.493 e. The number of carbonyl (C=O) groups excluding carboxylic acids is 1. The average Bonchev–Trinajstić information content (AvgIpc) is 2.42. The van der Waals surface area contributed by atoms with E-state index in [9.17, 15) is 10.1 Å². The highest BCUT2D eigenvalue weighted by molar-refractivity contribution is 14.1. The zero-order valence-corrected chi connectivity index (χ0v) is 14.5. The Bertz CT molecular complexity index is 604. The molecule has 0 fully saturated rings. The lowest BCUT2D eigenvalue weighted by atomic mass is 10.1. The molecule has 0 bridgehead atoms. The van der Waals surface area contributed by atoms with E-state index in [0.717, 1.165) is 3.57 Å². The van der Waals surface area contributed by atoms with Gasteiger partial charge in [0, 0.05) is 15.2 Å². The van der Waals surface area contributed by atoms with Gasteiger partial charge in [0.15, 0.2) is 11.5 Å². The third-order valence-corrected chi connectivity index (χ3v) is 3.18. The predicted octanol–water partition coefficient (Wildman–Crippen LogP) is 2.74. The van der Waals surface area contributed by atoms with Crippen LogP contribution in [0, 0.1) is 14.9 Å². The van der Waals surface area contributed by atoms with Crippen LogP contribution in [0.4, 0.5) is 0 Å². The van der Waals surface area contributed by atoms with Gasteiger partial charge in [-0.3, -0.25) is 4.79 Å². The number of carbonyl (C=O) groups is 1. The molecule has 1 N–H and O–H groups in total. The Morgan fingerprint density at radius 3 is 2.52 bits per heavy atom. The Morgan fingerprint density at radius 2 is 2.05 bits per heavy atom. The summed E-state index contributed by atoms with van der Waals surface area (Å²) >= 11 is 2.14. The summed E-state index contributed by atoms with van der Waals surface area (Å²) in [5, 5.41) is 11.9. The summed E-state index contributed by atoms with van der Waals surface area (Å²) in [6, 6.07) is 5.51. The molecule has 0 aliphatic carbocycles. The van der Waals surface area contributed by atoms with Crippen molar-refractivity contribution < 1.29 is 14.3 Å². The number of methoxy groups -OCH3 is 2. The number of benzene rings is 1. The summed E-state index contributed by atoms with van der Waals surface area (Å²) in [6.07, 6.45) is 1.50. The number of ether oxygens (including phenoxy) is 2. The number of amides is 1. The van der Waals surface area contributed by atoms with Crippen molar-refractivity contribution in [2.75, 3.05) is 14.2 Å². The Kier molecular flexibility index (Phi) is 6.49. The maximum atomic E-state index is 12.0. The van der Waals surface area contributed by atoms with Crippen LogP contribution in [0.3, 0.4) is 0 Å². The van der Waals surface area contributed by atoms with Crippen LogP contribution in [-0.4, -0.2) is 26.2 Å². The Labute approximate surface area is 138 Å². The molecule has 1 amide bonds.